The molecule has 3 aromatic rings. The lowest BCUT2D eigenvalue weighted by atomic mass is 9.99. The number of carboxylic acids is 2. The molecule has 1 aliphatic rings. The number of aliphatic imine (C=N–C) groups is 2. The Morgan fingerprint density at radius 2 is 0.913 bits per heavy atom. The van der Waals surface area contributed by atoms with Crippen molar-refractivity contribution >= 4 is 53.4 Å². The largest absolute Gasteiger partial charge is 0.508 e. The van der Waals surface area contributed by atoms with Crippen LogP contribution in [0, 0.1) is 0 Å². The van der Waals surface area contributed by atoms with Gasteiger partial charge in [-0.3, -0.25) is 34.0 Å². The highest BCUT2D eigenvalue weighted by molar-refractivity contribution is 5.97. The fourth-order valence-corrected chi connectivity index (χ4v) is 5.88. The number of hydrogen-bond donors (Lipinski definition) is 12. The summed E-state index contributed by atoms with van der Waals surface area (Å²) in [7, 11) is 0. The molecule has 1 saturated heterocycles. The van der Waals surface area contributed by atoms with Gasteiger partial charge in [-0.15, -0.1) is 0 Å². The summed E-state index contributed by atoms with van der Waals surface area (Å²) in [4.78, 5) is 94.3. The molecule has 0 aliphatic carbocycles. The first-order chi connectivity index (χ1) is 32.3. The number of aromatic hydroxyl groups is 1. The van der Waals surface area contributed by atoms with Crippen molar-refractivity contribution < 1.29 is 75.2 Å². The fraction of sp³-hybridized carbons (Fsp3) is 0.357. The summed E-state index contributed by atoms with van der Waals surface area (Å²) < 4.78 is 63.5. The van der Waals surface area contributed by atoms with Crippen LogP contribution in [0.2, 0.25) is 0 Å². The number of nitrogens with two attached hydrogens (primary N) is 4. The van der Waals surface area contributed by atoms with E-state index in [4.69, 9.17) is 42.7 Å². The average Bonchev–Trinajstić information content (AvgIpc) is 3.27. The lowest BCUT2D eigenvalue weighted by Gasteiger charge is -2.26. The van der Waals surface area contributed by atoms with Crippen molar-refractivity contribution in [2.45, 2.75) is 75.0 Å². The van der Waals surface area contributed by atoms with Crippen LogP contribution in [-0.4, -0.2) is 125 Å². The predicted octanol–water partition coefficient (Wildman–Crippen LogP) is 0.287. The number of aliphatic carboxylic acids is 2. The highest BCUT2D eigenvalue weighted by atomic mass is 19.4. The molecule has 3 aromatic carbocycles. The van der Waals surface area contributed by atoms with E-state index in [1.165, 1.54) is 12.1 Å². The third-order valence-electron chi connectivity index (χ3n) is 9.23. The van der Waals surface area contributed by atoms with Gasteiger partial charge >= 0.3 is 24.3 Å². The lowest BCUT2D eigenvalue weighted by molar-refractivity contribution is -0.193. The van der Waals surface area contributed by atoms with E-state index in [9.17, 15) is 55.4 Å². The lowest BCUT2D eigenvalue weighted by Crippen LogP contribution is -2.58. The molecule has 27 heteroatoms. The smallest absolute Gasteiger partial charge is 0.490 e. The maximum atomic E-state index is 13.9. The summed E-state index contributed by atoms with van der Waals surface area (Å²) in [6, 6.07) is 18.6. The van der Waals surface area contributed by atoms with Crippen LogP contribution in [0.25, 0.3) is 11.1 Å². The van der Waals surface area contributed by atoms with Gasteiger partial charge in [0.05, 0.1) is 6.54 Å². The topological polar surface area (TPSA) is 369 Å². The molecule has 0 radical (unpaired) electrons. The van der Waals surface area contributed by atoms with Crippen LogP contribution in [0.5, 0.6) is 5.75 Å². The molecule has 4 rings (SSSR count). The summed E-state index contributed by atoms with van der Waals surface area (Å²) in [5.41, 5.74) is 25.2. The number of guanidine groups is 2. The molecule has 1 fully saturated rings. The van der Waals surface area contributed by atoms with Crippen LogP contribution in [0.1, 0.15) is 36.8 Å². The number of nitrogens with one attached hydrogen (secondary N) is 5. The van der Waals surface area contributed by atoms with E-state index in [1.54, 1.807) is 12.1 Å². The number of carbonyl (C=O) groups excluding carboxylic acids is 5. The van der Waals surface area contributed by atoms with E-state index < -0.39 is 84.5 Å². The molecule has 1 aliphatic heterocycles. The summed E-state index contributed by atoms with van der Waals surface area (Å²) in [5, 5.41) is 37.5. The Hall–Kier alpha value is -8.13. The average molecular weight is 984 g/mol. The minimum atomic E-state index is -5.08. The summed E-state index contributed by atoms with van der Waals surface area (Å²) >= 11 is 0. The van der Waals surface area contributed by atoms with Crippen LogP contribution in [0.15, 0.2) is 88.8 Å². The van der Waals surface area contributed by atoms with E-state index in [0.717, 1.165) is 16.7 Å². The zero-order valence-corrected chi connectivity index (χ0v) is 36.3. The van der Waals surface area contributed by atoms with Gasteiger partial charge in [0.1, 0.15) is 29.9 Å². The Morgan fingerprint density at radius 3 is 1.32 bits per heavy atom. The SMILES string of the molecule is NC(N)=NCCC[C@@H]1NC(=O)[C@H](CCCN=C(N)N)NC(=O)[C@@H](Cc2ccc(O)cc2)NC(=O)CNC(=O)[C@H](Cc2ccc(-c3ccccc3)cc2)NC1=O.O=C(O)C(F)(F)F.O=C(O)C(F)(F)F. The summed E-state index contributed by atoms with van der Waals surface area (Å²) in [6.07, 6.45) is -9.42. The van der Waals surface area contributed by atoms with Crippen molar-refractivity contribution in [2.75, 3.05) is 19.6 Å². The second-order valence-electron chi connectivity index (χ2n) is 14.7. The third-order valence-corrected chi connectivity index (χ3v) is 9.23. The molecule has 4 atom stereocenters. The number of benzene rings is 3. The van der Waals surface area contributed by atoms with Gasteiger partial charge in [0.25, 0.3) is 0 Å². The van der Waals surface area contributed by atoms with Crippen LogP contribution >= 0.6 is 0 Å². The standard InChI is InChI=1S/C38H49N11O6.2C2HF3O2/c39-37(40)43-18-4-8-28-34(53)47-29(9-5-19-44-38(41)42)35(54)49-30(20-23-10-14-26(15-11-23)25-6-2-1-3-7-25)33(52)45-22-32(51)46-31(36(55)48-28)21-24-12-16-27(50)17-13-24;2*3-2(4,5)1(6)7/h1-3,6-7,10-17,28-31,50H,4-5,8-9,18-22H2,(H,45,52)(H,46,51)(H,47,53)(H,48,55)(H,49,54)(H4,39,40,43)(H4,41,42,44);2*(H,6,7)/t28-,29-,30-,31+;;/m0../s1. The molecule has 0 unspecified atom stereocenters. The molecule has 1 heterocycles. The number of alkyl halides is 6. The highest BCUT2D eigenvalue weighted by Crippen LogP contribution is 2.20. The van der Waals surface area contributed by atoms with E-state index >= 15 is 0 Å². The van der Waals surface area contributed by atoms with E-state index in [2.05, 4.69) is 36.6 Å². The van der Waals surface area contributed by atoms with Gasteiger partial charge in [-0.05, 0) is 60.1 Å². The van der Waals surface area contributed by atoms with E-state index in [0.29, 0.717) is 5.56 Å². The number of phenolic OH excluding ortho intramolecular Hbond substituents is 1. The van der Waals surface area contributed by atoms with Crippen LogP contribution in [0.4, 0.5) is 26.3 Å². The molecule has 69 heavy (non-hydrogen) atoms. The van der Waals surface area contributed by atoms with Gasteiger partial charge in [0.2, 0.25) is 29.5 Å². The van der Waals surface area contributed by atoms with Crippen LogP contribution in [-0.2, 0) is 46.4 Å². The van der Waals surface area contributed by atoms with Crippen molar-refractivity contribution in [3.8, 4) is 16.9 Å². The molecular formula is C42H51F6N11O10. The normalized spacial score (nSPS) is 17.9. The number of halogens is 6. The summed E-state index contributed by atoms with van der Waals surface area (Å²) in [6.45, 7) is -0.205. The molecule has 16 N–H and O–H groups in total. The number of nitrogens with zero attached hydrogens (tertiary/aromatic N) is 2. The van der Waals surface area contributed by atoms with Gasteiger partial charge in [0, 0.05) is 25.9 Å². The van der Waals surface area contributed by atoms with Crippen LogP contribution < -0.4 is 49.5 Å². The van der Waals surface area contributed by atoms with Gasteiger partial charge in [0.15, 0.2) is 11.9 Å². The molecule has 0 aromatic heterocycles. The second kappa shape index (κ2) is 27.5. The maximum Gasteiger partial charge on any atom is 0.490 e. The van der Waals surface area contributed by atoms with Crippen molar-refractivity contribution in [2.24, 2.45) is 32.9 Å². The first-order valence-corrected chi connectivity index (χ1v) is 20.4. The number of rotatable bonds is 13. The van der Waals surface area contributed by atoms with E-state index in [-0.39, 0.29) is 69.3 Å². The molecule has 5 amide bonds. The number of carbonyl (C=O) groups is 7. The van der Waals surface area contributed by atoms with Crippen LogP contribution in [0.3, 0.4) is 0 Å². The Bertz CT molecular complexity index is 2230. The first-order valence-electron chi connectivity index (χ1n) is 20.4. The fourth-order valence-electron chi connectivity index (χ4n) is 5.88. The zero-order valence-electron chi connectivity index (χ0n) is 36.3. The highest BCUT2D eigenvalue weighted by Gasteiger charge is 2.39. The molecule has 21 nitrogen and oxygen atoms in total. The molecule has 376 valence electrons. The Labute approximate surface area is 389 Å². The number of hydrogen-bond acceptors (Lipinski definition) is 10. The Balaban J connectivity index is 0.00000101. The van der Waals surface area contributed by atoms with Gasteiger partial charge in [-0.2, -0.15) is 26.3 Å². The van der Waals surface area contributed by atoms with Crippen molar-refractivity contribution in [1.29, 1.82) is 0 Å². The van der Waals surface area contributed by atoms with Gasteiger partial charge in [-0.25, -0.2) is 9.59 Å². The number of carboxylic acid groups (broad SMARTS) is 2. The third kappa shape index (κ3) is 22.3. The molecule has 0 saturated carbocycles. The molecule has 0 bridgehead atoms. The minimum Gasteiger partial charge on any atom is -0.508 e. The predicted molar refractivity (Wildman–Crippen MR) is 235 cm³/mol. The number of amides is 5. The minimum absolute atomic E-state index is 0.0107. The van der Waals surface area contributed by atoms with Crippen molar-refractivity contribution in [3.63, 3.8) is 0 Å². The monoisotopic (exact) mass is 983 g/mol. The summed E-state index contributed by atoms with van der Waals surface area (Å²) in [5.74, 6) is -9.20. The maximum absolute atomic E-state index is 13.9. The number of phenols is 1. The molecule has 0 spiro atoms. The second-order valence-corrected chi connectivity index (χ2v) is 14.7. The van der Waals surface area contributed by atoms with E-state index in [1.807, 2.05) is 54.6 Å². The van der Waals surface area contributed by atoms with Gasteiger partial charge in [-0.1, -0.05) is 66.7 Å². The quantitative estimate of drug-likeness (QED) is 0.0474. The Kier molecular flexibility index (Phi) is 22.7. The van der Waals surface area contributed by atoms with Gasteiger partial charge < -0.3 is 64.8 Å². The molecular weight excluding hydrogens is 933 g/mol. The van der Waals surface area contributed by atoms with Crippen molar-refractivity contribution in [1.82, 2.24) is 26.6 Å². The first kappa shape index (κ1) is 57.0. The zero-order chi connectivity index (χ0) is 51.9. The van der Waals surface area contributed by atoms with Crippen molar-refractivity contribution in [3.05, 3.63) is 90.0 Å². The Morgan fingerprint density at radius 1 is 0.551 bits per heavy atom.